The van der Waals surface area contributed by atoms with Crippen LogP contribution in [-0.4, -0.2) is 26.3 Å². The minimum Gasteiger partial charge on any atom is -0.341 e. The maximum atomic E-state index is 4.28. The summed E-state index contributed by atoms with van der Waals surface area (Å²) in [5.41, 5.74) is 2.07. The fraction of sp³-hybridized carbons (Fsp3) is 0.400. The van der Waals surface area contributed by atoms with Gasteiger partial charge in [0.05, 0.1) is 24.6 Å². The molecule has 0 unspecified atom stereocenters. The minimum atomic E-state index is 0.775. The Balaban J connectivity index is 2.13. The molecule has 0 aliphatic heterocycles. The summed E-state index contributed by atoms with van der Waals surface area (Å²) >= 11 is 0. The number of H-pyrrole nitrogens is 1. The fourth-order valence-corrected chi connectivity index (χ4v) is 1.40. The standard InChI is InChI=1S/C10H15N5/c1-3-11-6-10-12-5-9(14-10)8-4-13-15(2)7-8/h4-5,7,11H,3,6H2,1-2H3,(H,12,14). The summed E-state index contributed by atoms with van der Waals surface area (Å²) in [7, 11) is 1.90. The lowest BCUT2D eigenvalue weighted by molar-refractivity contribution is 0.698. The first-order valence-corrected chi connectivity index (χ1v) is 5.03. The van der Waals surface area contributed by atoms with Crippen molar-refractivity contribution in [2.75, 3.05) is 6.54 Å². The quantitative estimate of drug-likeness (QED) is 0.780. The molecule has 2 aromatic rings. The van der Waals surface area contributed by atoms with Crippen LogP contribution in [0.25, 0.3) is 11.3 Å². The lowest BCUT2D eigenvalue weighted by Crippen LogP contribution is -2.12. The average molecular weight is 205 g/mol. The van der Waals surface area contributed by atoms with Gasteiger partial charge in [0.2, 0.25) is 0 Å². The predicted molar refractivity (Wildman–Crippen MR) is 58.2 cm³/mol. The van der Waals surface area contributed by atoms with Gasteiger partial charge in [-0.25, -0.2) is 4.98 Å². The second-order valence-corrected chi connectivity index (χ2v) is 3.43. The van der Waals surface area contributed by atoms with Gasteiger partial charge in [-0.15, -0.1) is 0 Å². The van der Waals surface area contributed by atoms with Crippen LogP contribution in [0.1, 0.15) is 12.7 Å². The monoisotopic (exact) mass is 205 g/mol. The van der Waals surface area contributed by atoms with Gasteiger partial charge < -0.3 is 10.3 Å². The number of aryl methyl sites for hydroxylation is 1. The SMILES string of the molecule is CCNCc1ncc(-c2cnn(C)c2)[nH]1. The molecule has 0 radical (unpaired) electrons. The van der Waals surface area contributed by atoms with Crippen LogP contribution in [0, 0.1) is 0 Å². The molecular weight excluding hydrogens is 190 g/mol. The van der Waals surface area contributed by atoms with E-state index in [1.807, 2.05) is 25.6 Å². The number of nitrogens with one attached hydrogen (secondary N) is 2. The molecule has 0 fully saturated rings. The van der Waals surface area contributed by atoms with E-state index in [2.05, 4.69) is 27.3 Å². The number of nitrogens with zero attached hydrogens (tertiary/aromatic N) is 3. The fourth-order valence-electron chi connectivity index (χ4n) is 1.40. The van der Waals surface area contributed by atoms with Crippen LogP contribution in [0.4, 0.5) is 0 Å². The third kappa shape index (κ3) is 2.24. The predicted octanol–water partition coefficient (Wildman–Crippen LogP) is 0.920. The largest absolute Gasteiger partial charge is 0.341 e. The van der Waals surface area contributed by atoms with E-state index in [1.165, 1.54) is 0 Å². The molecule has 0 bridgehead atoms. The van der Waals surface area contributed by atoms with Gasteiger partial charge in [-0.2, -0.15) is 5.10 Å². The van der Waals surface area contributed by atoms with Crippen LogP contribution in [0.2, 0.25) is 0 Å². The Kier molecular flexibility index (Phi) is 2.82. The van der Waals surface area contributed by atoms with Crippen LogP contribution < -0.4 is 5.32 Å². The van der Waals surface area contributed by atoms with E-state index in [4.69, 9.17) is 0 Å². The van der Waals surface area contributed by atoms with Crippen molar-refractivity contribution in [3.63, 3.8) is 0 Å². The maximum Gasteiger partial charge on any atom is 0.120 e. The highest BCUT2D eigenvalue weighted by atomic mass is 15.2. The van der Waals surface area contributed by atoms with E-state index in [9.17, 15) is 0 Å². The molecule has 15 heavy (non-hydrogen) atoms. The van der Waals surface area contributed by atoms with Crippen molar-refractivity contribution in [3.05, 3.63) is 24.4 Å². The first-order valence-electron chi connectivity index (χ1n) is 5.03. The van der Waals surface area contributed by atoms with Crippen molar-refractivity contribution in [2.45, 2.75) is 13.5 Å². The normalized spacial score (nSPS) is 10.8. The van der Waals surface area contributed by atoms with Gasteiger partial charge in [0.25, 0.3) is 0 Å². The number of aromatic amines is 1. The molecule has 80 valence electrons. The zero-order chi connectivity index (χ0) is 10.7. The van der Waals surface area contributed by atoms with E-state index < -0.39 is 0 Å². The van der Waals surface area contributed by atoms with Crippen molar-refractivity contribution in [3.8, 4) is 11.3 Å². The molecule has 0 atom stereocenters. The first-order chi connectivity index (χ1) is 7.29. The van der Waals surface area contributed by atoms with E-state index in [0.717, 1.165) is 30.2 Å². The van der Waals surface area contributed by atoms with E-state index in [1.54, 1.807) is 4.68 Å². The molecule has 2 rings (SSSR count). The topological polar surface area (TPSA) is 58.5 Å². The van der Waals surface area contributed by atoms with Gasteiger partial charge in [0, 0.05) is 18.8 Å². The third-order valence-corrected chi connectivity index (χ3v) is 2.19. The lowest BCUT2D eigenvalue weighted by Gasteiger charge is -1.96. The zero-order valence-electron chi connectivity index (χ0n) is 8.99. The number of imidazole rings is 1. The lowest BCUT2D eigenvalue weighted by atomic mass is 10.3. The van der Waals surface area contributed by atoms with Gasteiger partial charge >= 0.3 is 0 Å². The number of aromatic nitrogens is 4. The summed E-state index contributed by atoms with van der Waals surface area (Å²) in [6.07, 6.45) is 5.62. The average Bonchev–Trinajstić information content (AvgIpc) is 2.83. The summed E-state index contributed by atoms with van der Waals surface area (Å²) in [5.74, 6) is 0.954. The second-order valence-electron chi connectivity index (χ2n) is 3.43. The molecule has 2 aromatic heterocycles. The van der Waals surface area contributed by atoms with Gasteiger partial charge in [-0.1, -0.05) is 6.92 Å². The van der Waals surface area contributed by atoms with E-state index >= 15 is 0 Å². The highest BCUT2D eigenvalue weighted by Gasteiger charge is 2.04. The Labute approximate surface area is 88.5 Å². The minimum absolute atomic E-state index is 0.775. The molecule has 0 aliphatic carbocycles. The second kappa shape index (κ2) is 4.27. The smallest absolute Gasteiger partial charge is 0.120 e. The molecule has 0 saturated carbocycles. The summed E-state index contributed by atoms with van der Waals surface area (Å²) in [6, 6.07) is 0. The third-order valence-electron chi connectivity index (χ3n) is 2.19. The number of hydrogen-bond donors (Lipinski definition) is 2. The van der Waals surface area contributed by atoms with Gasteiger partial charge in [0.15, 0.2) is 0 Å². The molecule has 0 saturated heterocycles. The number of hydrogen-bond acceptors (Lipinski definition) is 3. The molecule has 0 spiro atoms. The highest BCUT2D eigenvalue weighted by molar-refractivity contribution is 5.55. The van der Waals surface area contributed by atoms with Crippen molar-refractivity contribution >= 4 is 0 Å². The Morgan fingerprint density at radius 2 is 2.33 bits per heavy atom. The molecule has 0 aliphatic rings. The summed E-state index contributed by atoms with van der Waals surface area (Å²) < 4.78 is 1.78. The van der Waals surface area contributed by atoms with Crippen LogP contribution in [-0.2, 0) is 13.6 Å². The van der Waals surface area contributed by atoms with E-state index in [0.29, 0.717) is 0 Å². The Morgan fingerprint density at radius 1 is 1.47 bits per heavy atom. The van der Waals surface area contributed by atoms with Crippen LogP contribution in [0.3, 0.4) is 0 Å². The molecule has 2 N–H and O–H groups in total. The summed E-state index contributed by atoms with van der Waals surface area (Å²) in [6.45, 7) is 3.80. The molecule has 0 aromatic carbocycles. The van der Waals surface area contributed by atoms with Gasteiger partial charge in [-0.3, -0.25) is 4.68 Å². The Bertz CT molecular complexity index is 428. The number of rotatable bonds is 4. The van der Waals surface area contributed by atoms with Crippen molar-refractivity contribution in [2.24, 2.45) is 7.05 Å². The molecule has 2 heterocycles. The van der Waals surface area contributed by atoms with Crippen molar-refractivity contribution in [1.29, 1.82) is 0 Å². The van der Waals surface area contributed by atoms with Gasteiger partial charge in [-0.05, 0) is 6.54 Å². The first kappa shape index (κ1) is 9.92. The Morgan fingerprint density at radius 3 is 3.00 bits per heavy atom. The summed E-state index contributed by atoms with van der Waals surface area (Å²) in [5, 5.41) is 7.34. The van der Waals surface area contributed by atoms with Gasteiger partial charge in [0.1, 0.15) is 5.82 Å². The zero-order valence-corrected chi connectivity index (χ0v) is 8.99. The van der Waals surface area contributed by atoms with Crippen molar-refractivity contribution in [1.82, 2.24) is 25.1 Å². The van der Waals surface area contributed by atoms with Crippen LogP contribution in [0.15, 0.2) is 18.6 Å². The van der Waals surface area contributed by atoms with Crippen molar-refractivity contribution < 1.29 is 0 Å². The Hall–Kier alpha value is -1.62. The van der Waals surface area contributed by atoms with E-state index in [-0.39, 0.29) is 0 Å². The molecular formula is C10H15N5. The molecule has 5 nitrogen and oxygen atoms in total. The molecule has 5 heteroatoms. The summed E-state index contributed by atoms with van der Waals surface area (Å²) in [4.78, 5) is 7.53. The van der Waals surface area contributed by atoms with Crippen LogP contribution >= 0.6 is 0 Å². The van der Waals surface area contributed by atoms with Crippen LogP contribution in [0.5, 0.6) is 0 Å². The maximum absolute atomic E-state index is 4.28. The molecule has 0 amide bonds. The highest BCUT2D eigenvalue weighted by Crippen LogP contribution is 2.15.